The van der Waals surface area contributed by atoms with Crippen LogP contribution in [0.4, 0.5) is 13.6 Å². The number of nitrogens with zero attached hydrogens (tertiary/aromatic N) is 1. The predicted molar refractivity (Wildman–Crippen MR) is 103 cm³/mol. The maximum atomic E-state index is 13.6. The van der Waals surface area contributed by atoms with Crippen LogP contribution in [0.15, 0.2) is 48.1 Å². The summed E-state index contributed by atoms with van der Waals surface area (Å²) in [6, 6.07) is 3.65. The first-order chi connectivity index (χ1) is 13.5. The molecule has 0 bridgehead atoms. The lowest BCUT2D eigenvalue weighted by molar-refractivity contribution is 0.153. The van der Waals surface area contributed by atoms with Crippen molar-refractivity contribution >= 4 is 23.4 Å². The van der Waals surface area contributed by atoms with Crippen LogP contribution in [0.5, 0.6) is 0 Å². The highest BCUT2D eigenvalue weighted by atomic mass is 32.1. The Morgan fingerprint density at radius 3 is 2.82 bits per heavy atom. The Kier molecular flexibility index (Phi) is 4.83. The smallest absolute Gasteiger partial charge is 0.426 e. The fourth-order valence-corrected chi connectivity index (χ4v) is 4.00. The fraction of sp³-hybridized carbons (Fsp3) is 0.300. The number of carbonyl (C=O) groups excluding carboxylic acids is 1. The molecule has 1 amide bonds. The molecule has 2 fully saturated rings. The van der Waals surface area contributed by atoms with Crippen LogP contribution in [0.25, 0.3) is 0 Å². The third-order valence-corrected chi connectivity index (χ3v) is 5.66. The van der Waals surface area contributed by atoms with E-state index in [0.717, 1.165) is 18.1 Å². The molecular formula is C20H18F2N3O2S+. The number of nitrogens with one attached hydrogen (secondary N) is 2. The molecule has 144 valence electrons. The van der Waals surface area contributed by atoms with Crippen molar-refractivity contribution in [1.29, 1.82) is 0 Å². The van der Waals surface area contributed by atoms with Crippen molar-refractivity contribution in [3.8, 4) is 0 Å². The Morgan fingerprint density at radius 2 is 2.11 bits per heavy atom. The largest absolute Gasteiger partial charge is 0.441 e. The monoisotopic (exact) mass is 402 g/mol. The van der Waals surface area contributed by atoms with Crippen molar-refractivity contribution < 1.29 is 18.3 Å². The molecule has 2 atom stereocenters. The summed E-state index contributed by atoms with van der Waals surface area (Å²) < 4.78 is 32.2. The van der Waals surface area contributed by atoms with Gasteiger partial charge in [0.1, 0.15) is 36.0 Å². The molecule has 0 spiro atoms. The van der Waals surface area contributed by atoms with Gasteiger partial charge < -0.3 is 9.64 Å². The summed E-state index contributed by atoms with van der Waals surface area (Å²) in [5, 5.41) is 0.342. The Bertz CT molecular complexity index is 894. The Morgan fingerprint density at radius 1 is 1.32 bits per heavy atom. The molecule has 3 aliphatic rings. The molecule has 0 radical (unpaired) electrons. The van der Waals surface area contributed by atoms with E-state index in [1.807, 2.05) is 4.90 Å². The van der Waals surface area contributed by atoms with Crippen LogP contribution >= 0.6 is 12.2 Å². The number of amides is 1. The summed E-state index contributed by atoms with van der Waals surface area (Å²) in [5.41, 5.74) is 6.31. The third kappa shape index (κ3) is 3.74. The molecule has 28 heavy (non-hydrogen) atoms. The molecule has 0 aromatic heterocycles. The first kappa shape index (κ1) is 18.5. The molecule has 1 aromatic carbocycles. The van der Waals surface area contributed by atoms with E-state index in [1.165, 1.54) is 12.1 Å². The molecule has 5 nitrogen and oxygen atoms in total. The number of hydrogen-bond acceptors (Lipinski definition) is 3. The SMILES string of the molecule is O=C(NNC(=S)N1CC2CC2(c2cc(F)cc(F)c2)C1)OCC1=CC=[C+]C=C1. The zero-order chi connectivity index (χ0) is 19.7. The van der Waals surface area contributed by atoms with Crippen LogP contribution in [0.1, 0.15) is 12.0 Å². The summed E-state index contributed by atoms with van der Waals surface area (Å²) in [5.74, 6) is -0.861. The van der Waals surface area contributed by atoms with Gasteiger partial charge in [-0.1, -0.05) is 0 Å². The van der Waals surface area contributed by atoms with Gasteiger partial charge in [-0.25, -0.2) is 19.0 Å². The molecule has 1 aromatic rings. The first-order valence-electron chi connectivity index (χ1n) is 8.85. The molecule has 2 N–H and O–H groups in total. The molecule has 1 aliphatic heterocycles. The lowest BCUT2D eigenvalue weighted by Crippen LogP contribution is -2.49. The van der Waals surface area contributed by atoms with Gasteiger partial charge in [0.15, 0.2) is 5.11 Å². The van der Waals surface area contributed by atoms with Gasteiger partial charge in [0.2, 0.25) is 0 Å². The predicted octanol–water partition coefficient (Wildman–Crippen LogP) is 2.91. The van der Waals surface area contributed by atoms with E-state index >= 15 is 0 Å². The van der Waals surface area contributed by atoms with Crippen LogP contribution in [-0.4, -0.2) is 35.8 Å². The van der Waals surface area contributed by atoms with Gasteiger partial charge >= 0.3 is 6.09 Å². The van der Waals surface area contributed by atoms with Crippen molar-refractivity contribution in [3.63, 3.8) is 0 Å². The highest BCUT2D eigenvalue weighted by Crippen LogP contribution is 2.59. The van der Waals surface area contributed by atoms with Crippen LogP contribution in [0.3, 0.4) is 0 Å². The summed E-state index contributed by atoms with van der Waals surface area (Å²) in [7, 11) is 0. The number of likely N-dealkylation sites (tertiary alicyclic amines) is 1. The number of piperidine rings is 1. The van der Waals surface area contributed by atoms with Crippen molar-refractivity contribution in [2.75, 3.05) is 19.7 Å². The number of hydrazine groups is 1. The normalized spacial score (nSPS) is 24.1. The van der Waals surface area contributed by atoms with Crippen molar-refractivity contribution in [1.82, 2.24) is 15.8 Å². The van der Waals surface area contributed by atoms with E-state index in [4.69, 9.17) is 17.0 Å². The Balaban J connectivity index is 1.27. The topological polar surface area (TPSA) is 53.6 Å². The van der Waals surface area contributed by atoms with Gasteiger partial charge in [-0.15, -0.1) is 0 Å². The van der Waals surface area contributed by atoms with Gasteiger partial charge in [-0.2, -0.15) is 0 Å². The third-order valence-electron chi connectivity index (χ3n) is 5.30. The first-order valence-corrected chi connectivity index (χ1v) is 9.26. The van der Waals surface area contributed by atoms with Crippen LogP contribution in [0.2, 0.25) is 0 Å². The number of carbonyl (C=O) groups is 1. The summed E-state index contributed by atoms with van der Waals surface area (Å²) in [4.78, 5) is 13.7. The van der Waals surface area contributed by atoms with Crippen molar-refractivity contribution in [3.05, 3.63) is 71.4 Å². The van der Waals surface area contributed by atoms with Gasteiger partial charge in [-0.05, 0) is 42.3 Å². The number of rotatable bonds is 3. The number of ether oxygens (including phenoxy) is 1. The molecule has 8 heteroatoms. The second-order valence-corrected chi connectivity index (χ2v) is 7.52. The van der Waals surface area contributed by atoms with E-state index in [2.05, 4.69) is 16.9 Å². The summed E-state index contributed by atoms with van der Waals surface area (Å²) in [6.07, 6.45) is 10.2. The number of benzene rings is 1. The quantitative estimate of drug-likeness (QED) is 0.463. The minimum Gasteiger partial charge on any atom is -0.441 e. The van der Waals surface area contributed by atoms with E-state index in [-0.39, 0.29) is 17.9 Å². The lowest BCUT2D eigenvalue weighted by Gasteiger charge is -2.24. The Labute approximate surface area is 166 Å². The molecule has 1 saturated heterocycles. The second kappa shape index (κ2) is 7.30. The minimum absolute atomic E-state index is 0.134. The Hall–Kier alpha value is -2.83. The summed E-state index contributed by atoms with van der Waals surface area (Å²) >= 11 is 5.33. The highest BCUT2D eigenvalue weighted by molar-refractivity contribution is 7.80. The maximum Gasteiger partial charge on any atom is 0.426 e. The van der Waals surface area contributed by atoms with Crippen molar-refractivity contribution in [2.45, 2.75) is 11.8 Å². The maximum absolute atomic E-state index is 13.6. The average Bonchev–Trinajstić information content (AvgIpc) is 3.25. The molecule has 2 unspecified atom stereocenters. The lowest BCUT2D eigenvalue weighted by atomic mass is 9.95. The van der Waals surface area contributed by atoms with Crippen LogP contribution < -0.4 is 10.9 Å². The number of thiocarbonyl (C=S) groups is 1. The fourth-order valence-electron chi connectivity index (χ4n) is 3.81. The summed E-state index contributed by atoms with van der Waals surface area (Å²) in [6.45, 7) is 1.35. The standard InChI is InChI=1S/C20H17F2N3O2S/c21-16-6-14(7-17(22)8-16)20-9-15(20)10-25(12-20)18(28)23-24-19(26)27-11-13-4-2-1-3-5-13/h2-8,15H,9-12H2,(H-,23,24,26,28)/p+1. The van der Waals surface area contributed by atoms with E-state index in [9.17, 15) is 13.6 Å². The average molecular weight is 402 g/mol. The highest BCUT2D eigenvalue weighted by Gasteiger charge is 2.61. The molecule has 1 saturated carbocycles. The molecular weight excluding hydrogens is 384 g/mol. The zero-order valence-corrected chi connectivity index (χ0v) is 15.7. The van der Waals surface area contributed by atoms with Gasteiger partial charge in [0, 0.05) is 30.6 Å². The van der Waals surface area contributed by atoms with Crippen LogP contribution in [-0.2, 0) is 10.2 Å². The van der Waals surface area contributed by atoms with E-state index < -0.39 is 17.7 Å². The molecule has 1 heterocycles. The van der Waals surface area contributed by atoms with Crippen molar-refractivity contribution in [2.24, 2.45) is 5.92 Å². The van der Waals surface area contributed by atoms with Gasteiger partial charge in [0.05, 0.1) is 12.2 Å². The van der Waals surface area contributed by atoms with Crippen LogP contribution in [0, 0.1) is 23.6 Å². The van der Waals surface area contributed by atoms with Gasteiger partial charge in [0.25, 0.3) is 0 Å². The number of fused-ring (bicyclic) bond motifs is 1. The second-order valence-electron chi connectivity index (χ2n) is 7.14. The minimum atomic E-state index is -0.651. The van der Waals surface area contributed by atoms with E-state index in [0.29, 0.717) is 23.8 Å². The zero-order valence-electron chi connectivity index (χ0n) is 14.9. The number of allylic oxidation sites excluding steroid dienone is 4. The van der Waals surface area contributed by atoms with E-state index in [1.54, 1.807) is 24.3 Å². The number of hydrogen-bond donors (Lipinski definition) is 2. The number of halogens is 2. The molecule has 2 aliphatic carbocycles. The molecule has 4 rings (SSSR count). The van der Waals surface area contributed by atoms with Gasteiger partial charge in [-0.3, -0.25) is 5.43 Å².